The highest BCUT2D eigenvalue weighted by Gasteiger charge is 2.30. The maximum Gasteiger partial charge on any atom is 0.472 e. The SMILES string of the molecule is CCCCCCCCCCCCCC(=O)OC[C@H](COP(=O)(O)OC[C@H](O)COP(=O)(O)OC[C@@H](COC(=O)CCCCCCCCCCCCCCC(C)C)OC(=O)CCCCCCCCCCCCCCCCCCC(C)C)OC(=O)CCCCCCCCCCCCC(C)C. The summed E-state index contributed by atoms with van der Waals surface area (Å²) in [6.07, 6.45) is 56.8. The number of hydrogen-bond donors (Lipinski definition) is 3. The van der Waals surface area contributed by atoms with Crippen LogP contribution in [0.1, 0.15) is 408 Å². The molecule has 0 rings (SSSR count). The van der Waals surface area contributed by atoms with Gasteiger partial charge < -0.3 is 33.8 Å². The van der Waals surface area contributed by atoms with Crippen molar-refractivity contribution in [1.29, 1.82) is 0 Å². The predicted molar refractivity (Wildman–Crippen MR) is 400 cm³/mol. The Balaban J connectivity index is 5.25. The Hall–Kier alpha value is -1.94. The first-order valence-electron chi connectivity index (χ1n) is 40.8. The highest BCUT2D eigenvalue weighted by atomic mass is 31.2. The van der Waals surface area contributed by atoms with Crippen molar-refractivity contribution in [2.45, 2.75) is 426 Å². The van der Waals surface area contributed by atoms with E-state index in [0.29, 0.717) is 25.7 Å². The van der Waals surface area contributed by atoms with Crippen molar-refractivity contribution in [3.63, 3.8) is 0 Å². The number of hydrogen-bond acceptors (Lipinski definition) is 15. The molecule has 0 aromatic rings. The summed E-state index contributed by atoms with van der Waals surface area (Å²) in [6.45, 7) is 12.0. The normalized spacial score (nSPS) is 14.0. The third-order valence-electron chi connectivity index (χ3n) is 18.4. The van der Waals surface area contributed by atoms with Crippen molar-refractivity contribution < 1.29 is 80.2 Å². The van der Waals surface area contributed by atoms with Gasteiger partial charge in [-0.1, -0.05) is 357 Å². The Bertz CT molecular complexity index is 1900. The van der Waals surface area contributed by atoms with E-state index in [-0.39, 0.29) is 25.7 Å². The molecule has 0 aromatic carbocycles. The van der Waals surface area contributed by atoms with E-state index < -0.39 is 97.5 Å². The molecule has 0 heterocycles. The molecule has 0 spiro atoms. The first-order valence-corrected chi connectivity index (χ1v) is 43.8. The topological polar surface area (TPSA) is 237 Å². The molecule has 0 amide bonds. The Morgan fingerprint density at radius 1 is 0.276 bits per heavy atom. The average Bonchev–Trinajstić information content (AvgIpc) is 1.09. The van der Waals surface area contributed by atoms with Gasteiger partial charge in [0, 0.05) is 25.7 Å². The molecule has 0 saturated heterocycles. The van der Waals surface area contributed by atoms with E-state index >= 15 is 0 Å². The molecule has 0 radical (unpaired) electrons. The summed E-state index contributed by atoms with van der Waals surface area (Å²) in [6, 6.07) is 0. The summed E-state index contributed by atoms with van der Waals surface area (Å²) in [5.74, 6) is 0.231. The fraction of sp³-hybridized carbons (Fsp3) is 0.949. The van der Waals surface area contributed by atoms with Crippen molar-refractivity contribution in [3.05, 3.63) is 0 Å². The zero-order valence-electron chi connectivity index (χ0n) is 64.3. The van der Waals surface area contributed by atoms with Crippen LogP contribution in [0.4, 0.5) is 0 Å². The first-order chi connectivity index (χ1) is 47.2. The van der Waals surface area contributed by atoms with Crippen LogP contribution in [0.3, 0.4) is 0 Å². The van der Waals surface area contributed by atoms with Crippen LogP contribution in [-0.2, 0) is 65.4 Å². The predicted octanol–water partition coefficient (Wildman–Crippen LogP) is 23.4. The van der Waals surface area contributed by atoms with Gasteiger partial charge in [0.2, 0.25) is 0 Å². The minimum Gasteiger partial charge on any atom is -0.462 e. The first kappa shape index (κ1) is 96.1. The Kier molecular flexibility index (Phi) is 68.1. The number of rotatable bonds is 77. The maximum absolute atomic E-state index is 13.1. The van der Waals surface area contributed by atoms with Gasteiger partial charge in [-0.15, -0.1) is 0 Å². The number of esters is 4. The van der Waals surface area contributed by atoms with E-state index in [1.54, 1.807) is 0 Å². The molecule has 582 valence electrons. The molecule has 0 saturated carbocycles. The number of carbonyl (C=O) groups is 4. The Morgan fingerprint density at radius 3 is 0.694 bits per heavy atom. The molecule has 0 aliphatic carbocycles. The van der Waals surface area contributed by atoms with E-state index in [4.69, 9.17) is 37.0 Å². The molecule has 5 atom stereocenters. The Morgan fingerprint density at radius 2 is 0.469 bits per heavy atom. The maximum atomic E-state index is 13.1. The lowest BCUT2D eigenvalue weighted by atomic mass is 10.0. The number of unbranched alkanes of at least 4 members (excludes halogenated alkanes) is 45. The molecule has 17 nitrogen and oxygen atoms in total. The van der Waals surface area contributed by atoms with Gasteiger partial charge in [0.1, 0.15) is 19.3 Å². The smallest absolute Gasteiger partial charge is 0.462 e. The van der Waals surface area contributed by atoms with Crippen LogP contribution >= 0.6 is 15.6 Å². The van der Waals surface area contributed by atoms with Crippen molar-refractivity contribution in [3.8, 4) is 0 Å². The van der Waals surface area contributed by atoms with Gasteiger partial charge in [-0.05, 0) is 43.4 Å². The number of phosphoric acid groups is 2. The molecule has 2 unspecified atom stereocenters. The molecule has 0 aliphatic heterocycles. The third-order valence-corrected chi connectivity index (χ3v) is 20.3. The Labute approximate surface area is 600 Å². The van der Waals surface area contributed by atoms with Crippen LogP contribution in [0.2, 0.25) is 0 Å². The summed E-state index contributed by atoms with van der Waals surface area (Å²) in [5.41, 5.74) is 0. The van der Waals surface area contributed by atoms with Gasteiger partial charge in [0.25, 0.3) is 0 Å². The second-order valence-electron chi connectivity index (χ2n) is 29.9. The molecular formula is C79H154O17P2. The molecular weight excluding hydrogens is 1280 g/mol. The fourth-order valence-electron chi connectivity index (χ4n) is 12.1. The summed E-state index contributed by atoms with van der Waals surface area (Å²) >= 11 is 0. The van der Waals surface area contributed by atoms with E-state index in [2.05, 4.69) is 48.5 Å². The zero-order valence-corrected chi connectivity index (χ0v) is 66.0. The fourth-order valence-corrected chi connectivity index (χ4v) is 13.7. The van der Waals surface area contributed by atoms with Gasteiger partial charge in [0.15, 0.2) is 12.2 Å². The van der Waals surface area contributed by atoms with E-state index in [1.165, 1.54) is 218 Å². The lowest BCUT2D eigenvalue weighted by Gasteiger charge is -2.21. The second-order valence-corrected chi connectivity index (χ2v) is 32.8. The molecule has 98 heavy (non-hydrogen) atoms. The molecule has 0 fully saturated rings. The lowest BCUT2D eigenvalue weighted by Crippen LogP contribution is -2.30. The van der Waals surface area contributed by atoms with Crippen molar-refractivity contribution >= 4 is 39.5 Å². The molecule has 3 N–H and O–H groups in total. The molecule has 0 bridgehead atoms. The van der Waals surface area contributed by atoms with Gasteiger partial charge in [0.05, 0.1) is 26.4 Å². The average molecular weight is 1440 g/mol. The van der Waals surface area contributed by atoms with Crippen LogP contribution in [0, 0.1) is 17.8 Å². The highest BCUT2D eigenvalue weighted by molar-refractivity contribution is 7.47. The number of aliphatic hydroxyl groups excluding tert-OH is 1. The summed E-state index contributed by atoms with van der Waals surface area (Å²) in [4.78, 5) is 72.9. The number of phosphoric ester groups is 2. The highest BCUT2D eigenvalue weighted by Crippen LogP contribution is 2.45. The van der Waals surface area contributed by atoms with Gasteiger partial charge in [-0.25, -0.2) is 9.13 Å². The van der Waals surface area contributed by atoms with Crippen LogP contribution < -0.4 is 0 Å². The number of aliphatic hydroxyl groups is 1. The molecule has 0 aliphatic rings. The van der Waals surface area contributed by atoms with Gasteiger partial charge in [-0.3, -0.25) is 37.3 Å². The summed E-state index contributed by atoms with van der Waals surface area (Å²) in [5, 5.41) is 10.6. The quantitative estimate of drug-likeness (QED) is 0.0222. The van der Waals surface area contributed by atoms with Crippen molar-refractivity contribution in [1.82, 2.24) is 0 Å². The van der Waals surface area contributed by atoms with Gasteiger partial charge in [-0.2, -0.15) is 0 Å². The van der Waals surface area contributed by atoms with E-state index in [1.807, 2.05) is 0 Å². The van der Waals surface area contributed by atoms with Gasteiger partial charge >= 0.3 is 39.5 Å². The van der Waals surface area contributed by atoms with Crippen LogP contribution in [0.15, 0.2) is 0 Å². The monoisotopic (exact) mass is 1440 g/mol. The zero-order chi connectivity index (χ0) is 72.3. The molecule has 19 heteroatoms. The standard InChI is InChI=1S/C79H154O17P2/c1-8-9-10-11-12-13-22-32-39-46-53-60-76(81)89-66-75(96-79(84)63-56-49-42-35-28-27-31-38-45-52-59-72(6)7)69-94-98(87,88)92-65-73(80)64-91-97(85,86)93-68-74(67-90-77(82)61-54-47-40-33-25-21-20-24-30-37-44-51-58-71(4)5)95-78(83)62-55-48-41-34-26-19-17-15-14-16-18-23-29-36-43-50-57-70(2)3/h70-75,80H,8-69H2,1-7H3,(H,85,86)(H,87,88)/t73-,74-,75-/m1/s1. The van der Waals surface area contributed by atoms with Crippen LogP contribution in [0.5, 0.6) is 0 Å². The largest absolute Gasteiger partial charge is 0.472 e. The van der Waals surface area contributed by atoms with Crippen LogP contribution in [0.25, 0.3) is 0 Å². The lowest BCUT2D eigenvalue weighted by molar-refractivity contribution is -0.161. The third kappa shape index (κ3) is 72.4. The second kappa shape index (κ2) is 69.4. The van der Waals surface area contributed by atoms with Crippen molar-refractivity contribution in [2.24, 2.45) is 17.8 Å². The summed E-state index contributed by atoms with van der Waals surface area (Å²) in [7, 11) is -9.92. The van der Waals surface area contributed by atoms with E-state index in [9.17, 15) is 43.2 Å². The van der Waals surface area contributed by atoms with Crippen LogP contribution in [-0.4, -0.2) is 96.7 Å². The van der Waals surface area contributed by atoms with E-state index in [0.717, 1.165) is 108 Å². The van der Waals surface area contributed by atoms with Crippen molar-refractivity contribution in [2.75, 3.05) is 39.6 Å². The number of ether oxygens (including phenoxy) is 4. The number of carbonyl (C=O) groups excluding carboxylic acids is 4. The summed E-state index contributed by atoms with van der Waals surface area (Å²) < 4.78 is 68.6. The minimum atomic E-state index is -4.96. The minimum absolute atomic E-state index is 0.106. The molecule has 0 aromatic heterocycles.